The van der Waals surface area contributed by atoms with Crippen molar-refractivity contribution in [2.75, 3.05) is 0 Å². The summed E-state index contributed by atoms with van der Waals surface area (Å²) in [4.78, 5) is 30.9. The fraction of sp³-hybridized carbons (Fsp3) is 0.118. The number of para-hydroxylation sites is 1. The number of pyridine rings is 1. The Morgan fingerprint density at radius 3 is 2.65 bits per heavy atom. The molecule has 23 heavy (non-hydrogen) atoms. The summed E-state index contributed by atoms with van der Waals surface area (Å²) in [6, 6.07) is 10.2. The highest BCUT2D eigenvalue weighted by atomic mass is 16.2. The van der Waals surface area contributed by atoms with Crippen LogP contribution in [0.5, 0.6) is 0 Å². The molecule has 0 fully saturated rings. The molecule has 0 saturated carbocycles. The highest BCUT2D eigenvalue weighted by molar-refractivity contribution is 5.97. The number of primary amides is 1. The summed E-state index contributed by atoms with van der Waals surface area (Å²) < 4.78 is 0. The van der Waals surface area contributed by atoms with Gasteiger partial charge in [-0.05, 0) is 23.8 Å². The van der Waals surface area contributed by atoms with Crippen molar-refractivity contribution in [3.8, 4) is 0 Å². The average molecular weight is 308 g/mol. The molecule has 116 valence electrons. The van der Waals surface area contributed by atoms with Crippen molar-refractivity contribution in [3.63, 3.8) is 0 Å². The molecule has 4 N–H and O–H groups in total. The molecule has 2 aromatic heterocycles. The first-order chi connectivity index (χ1) is 11.1. The van der Waals surface area contributed by atoms with Crippen molar-refractivity contribution in [3.05, 3.63) is 66.1 Å². The number of carbonyl (C=O) groups is 2. The Labute approximate surface area is 132 Å². The van der Waals surface area contributed by atoms with Gasteiger partial charge in [-0.3, -0.25) is 14.6 Å². The van der Waals surface area contributed by atoms with Crippen molar-refractivity contribution in [2.24, 2.45) is 5.73 Å². The van der Waals surface area contributed by atoms with Crippen LogP contribution in [0.3, 0.4) is 0 Å². The number of rotatable bonds is 5. The van der Waals surface area contributed by atoms with E-state index in [0.29, 0.717) is 12.0 Å². The smallest absolute Gasteiger partial charge is 0.252 e. The maximum Gasteiger partial charge on any atom is 0.252 e. The van der Waals surface area contributed by atoms with Gasteiger partial charge < -0.3 is 16.0 Å². The maximum absolute atomic E-state index is 12.2. The molecule has 1 aromatic carbocycles. The number of fused-ring (bicyclic) bond motifs is 1. The van der Waals surface area contributed by atoms with Crippen molar-refractivity contribution in [1.82, 2.24) is 15.3 Å². The molecule has 0 spiro atoms. The zero-order valence-corrected chi connectivity index (χ0v) is 12.3. The van der Waals surface area contributed by atoms with Gasteiger partial charge in [-0.15, -0.1) is 0 Å². The maximum atomic E-state index is 12.2. The molecule has 6 nitrogen and oxygen atoms in total. The first kappa shape index (κ1) is 14.8. The molecule has 3 rings (SSSR count). The molecular formula is C17H16N4O2. The summed E-state index contributed by atoms with van der Waals surface area (Å²) in [6.07, 6.45) is 5.21. The van der Waals surface area contributed by atoms with Gasteiger partial charge >= 0.3 is 0 Å². The first-order valence-electron chi connectivity index (χ1n) is 7.20. The normalized spacial score (nSPS) is 12.0. The van der Waals surface area contributed by atoms with Crippen LogP contribution in [0.1, 0.15) is 15.9 Å². The van der Waals surface area contributed by atoms with Gasteiger partial charge in [-0.1, -0.05) is 18.2 Å². The van der Waals surface area contributed by atoms with Crippen LogP contribution < -0.4 is 11.1 Å². The van der Waals surface area contributed by atoms with Gasteiger partial charge in [0, 0.05) is 41.5 Å². The SMILES string of the molecule is NC(=O)[C@@H](Cc1c[nH]c2ccccc12)NC(=O)c1ccncc1. The number of hydrogen-bond donors (Lipinski definition) is 3. The van der Waals surface area contributed by atoms with E-state index in [9.17, 15) is 9.59 Å². The van der Waals surface area contributed by atoms with Gasteiger partial charge in [-0.2, -0.15) is 0 Å². The van der Waals surface area contributed by atoms with Crippen molar-refractivity contribution >= 4 is 22.7 Å². The summed E-state index contributed by atoms with van der Waals surface area (Å²) in [5, 5.41) is 3.69. The standard InChI is InChI=1S/C17H16N4O2/c18-16(22)15(21-17(23)11-5-7-19-8-6-11)9-12-10-20-14-4-2-1-3-13(12)14/h1-8,10,15,20H,9H2,(H2,18,22)(H,21,23)/t15-/m1/s1. The lowest BCUT2D eigenvalue weighted by Gasteiger charge is -2.15. The Kier molecular flexibility index (Phi) is 4.05. The number of amides is 2. The highest BCUT2D eigenvalue weighted by Gasteiger charge is 2.20. The van der Waals surface area contributed by atoms with Crippen molar-refractivity contribution in [2.45, 2.75) is 12.5 Å². The van der Waals surface area contributed by atoms with E-state index in [-0.39, 0.29) is 5.91 Å². The Balaban J connectivity index is 1.80. The molecule has 2 amide bonds. The number of carbonyl (C=O) groups excluding carboxylic acids is 2. The Morgan fingerprint density at radius 1 is 1.17 bits per heavy atom. The molecule has 0 saturated heterocycles. The third kappa shape index (κ3) is 3.21. The van der Waals surface area contributed by atoms with E-state index in [4.69, 9.17) is 5.73 Å². The van der Waals surface area contributed by atoms with Gasteiger partial charge in [0.1, 0.15) is 6.04 Å². The van der Waals surface area contributed by atoms with E-state index in [1.807, 2.05) is 30.5 Å². The Bertz CT molecular complexity index is 842. The van der Waals surface area contributed by atoms with Crippen LogP contribution in [-0.4, -0.2) is 27.8 Å². The minimum atomic E-state index is -0.783. The quantitative estimate of drug-likeness (QED) is 0.664. The van der Waals surface area contributed by atoms with Crippen molar-refractivity contribution in [1.29, 1.82) is 0 Å². The third-order valence-electron chi connectivity index (χ3n) is 3.69. The summed E-state index contributed by atoms with van der Waals surface area (Å²) in [6.45, 7) is 0. The number of nitrogens with zero attached hydrogens (tertiary/aromatic N) is 1. The van der Waals surface area contributed by atoms with Gasteiger partial charge in [0.2, 0.25) is 5.91 Å². The van der Waals surface area contributed by atoms with Crippen LogP contribution >= 0.6 is 0 Å². The number of H-pyrrole nitrogens is 1. The van der Waals surface area contributed by atoms with Crippen LogP contribution in [0, 0.1) is 0 Å². The molecule has 3 aromatic rings. The second kappa shape index (κ2) is 6.31. The summed E-state index contributed by atoms with van der Waals surface area (Å²) in [7, 11) is 0. The number of benzene rings is 1. The predicted octanol–water partition coefficient (Wildman–Crippen LogP) is 1.39. The molecule has 6 heteroatoms. The minimum Gasteiger partial charge on any atom is -0.368 e. The minimum absolute atomic E-state index is 0.330. The van der Waals surface area contributed by atoms with Crippen LogP contribution in [-0.2, 0) is 11.2 Å². The summed E-state index contributed by atoms with van der Waals surface area (Å²) in [5.74, 6) is -0.922. The topological polar surface area (TPSA) is 101 Å². The Hall–Kier alpha value is -3.15. The van der Waals surface area contributed by atoms with Crippen LogP contribution in [0.15, 0.2) is 55.0 Å². The summed E-state index contributed by atoms with van der Waals surface area (Å²) >= 11 is 0. The number of nitrogens with one attached hydrogen (secondary N) is 2. The average Bonchev–Trinajstić information content (AvgIpc) is 2.98. The van der Waals surface area contributed by atoms with Gasteiger partial charge in [0.05, 0.1) is 0 Å². The monoisotopic (exact) mass is 308 g/mol. The van der Waals surface area contributed by atoms with Gasteiger partial charge in [0.25, 0.3) is 5.91 Å². The van der Waals surface area contributed by atoms with E-state index in [0.717, 1.165) is 16.5 Å². The van der Waals surface area contributed by atoms with Gasteiger partial charge in [0.15, 0.2) is 0 Å². The molecule has 0 aliphatic rings. The van der Waals surface area contributed by atoms with Crippen LogP contribution in [0.2, 0.25) is 0 Å². The third-order valence-corrected chi connectivity index (χ3v) is 3.69. The molecule has 2 heterocycles. The zero-order chi connectivity index (χ0) is 16.2. The lowest BCUT2D eigenvalue weighted by molar-refractivity contribution is -0.119. The second-order valence-corrected chi connectivity index (χ2v) is 5.23. The zero-order valence-electron chi connectivity index (χ0n) is 12.3. The Morgan fingerprint density at radius 2 is 1.91 bits per heavy atom. The first-order valence-corrected chi connectivity index (χ1v) is 7.20. The van der Waals surface area contributed by atoms with E-state index in [2.05, 4.69) is 15.3 Å². The molecule has 0 aliphatic carbocycles. The van der Waals surface area contributed by atoms with Crippen LogP contribution in [0.4, 0.5) is 0 Å². The highest BCUT2D eigenvalue weighted by Crippen LogP contribution is 2.19. The summed E-state index contributed by atoms with van der Waals surface area (Å²) in [5.41, 5.74) is 7.79. The van der Waals surface area contributed by atoms with E-state index < -0.39 is 11.9 Å². The fourth-order valence-electron chi connectivity index (χ4n) is 2.49. The molecule has 0 aliphatic heterocycles. The van der Waals surface area contributed by atoms with Gasteiger partial charge in [-0.25, -0.2) is 0 Å². The van der Waals surface area contributed by atoms with E-state index >= 15 is 0 Å². The molecule has 1 atom stereocenters. The molecule has 0 radical (unpaired) electrons. The molecular weight excluding hydrogens is 292 g/mol. The molecule has 0 bridgehead atoms. The van der Waals surface area contributed by atoms with E-state index in [1.165, 1.54) is 12.4 Å². The lowest BCUT2D eigenvalue weighted by Crippen LogP contribution is -2.45. The predicted molar refractivity (Wildman–Crippen MR) is 86.7 cm³/mol. The van der Waals surface area contributed by atoms with Crippen LogP contribution in [0.25, 0.3) is 10.9 Å². The number of hydrogen-bond acceptors (Lipinski definition) is 3. The number of aromatic amines is 1. The second-order valence-electron chi connectivity index (χ2n) is 5.23. The largest absolute Gasteiger partial charge is 0.368 e. The number of nitrogens with two attached hydrogens (primary N) is 1. The van der Waals surface area contributed by atoms with Crippen molar-refractivity contribution < 1.29 is 9.59 Å². The molecule has 0 unspecified atom stereocenters. The fourth-order valence-corrected chi connectivity index (χ4v) is 2.49. The number of aromatic nitrogens is 2. The lowest BCUT2D eigenvalue weighted by atomic mass is 10.0. The van der Waals surface area contributed by atoms with E-state index in [1.54, 1.807) is 12.1 Å².